The number of anilines is 1. The molecule has 0 saturated heterocycles. The van der Waals surface area contributed by atoms with Crippen LogP contribution in [0.3, 0.4) is 0 Å². The van der Waals surface area contributed by atoms with E-state index in [4.69, 9.17) is 0 Å². The summed E-state index contributed by atoms with van der Waals surface area (Å²) < 4.78 is 1.86. The minimum absolute atomic E-state index is 0.0734. The molecule has 0 amide bonds. The average Bonchev–Trinajstić information content (AvgIpc) is 2.91. The molecule has 1 heterocycles. The molecule has 0 aliphatic heterocycles. The van der Waals surface area contributed by atoms with Crippen molar-refractivity contribution >= 4 is 5.82 Å². The quantitative estimate of drug-likeness (QED) is 0.806. The van der Waals surface area contributed by atoms with Crippen molar-refractivity contribution in [2.45, 2.75) is 26.4 Å². The highest BCUT2D eigenvalue weighted by Crippen LogP contribution is 2.32. The van der Waals surface area contributed by atoms with Gasteiger partial charge < -0.3 is 10.0 Å². The van der Waals surface area contributed by atoms with Crippen LogP contribution in [0.25, 0.3) is 0 Å². The van der Waals surface area contributed by atoms with Gasteiger partial charge in [-0.2, -0.15) is 5.10 Å². The molecular formula is C11H19N3O. The minimum atomic E-state index is 0.0734. The Hall–Kier alpha value is -1.03. The molecule has 1 N–H and O–H groups in total. The highest BCUT2D eigenvalue weighted by molar-refractivity contribution is 5.49. The van der Waals surface area contributed by atoms with Gasteiger partial charge in [0, 0.05) is 26.2 Å². The van der Waals surface area contributed by atoms with Gasteiger partial charge in [-0.25, -0.2) is 0 Å². The van der Waals surface area contributed by atoms with E-state index in [1.54, 1.807) is 0 Å². The molecule has 0 aromatic carbocycles. The van der Waals surface area contributed by atoms with Gasteiger partial charge in [0.25, 0.3) is 0 Å². The monoisotopic (exact) mass is 209 g/mol. The highest BCUT2D eigenvalue weighted by atomic mass is 16.3. The summed E-state index contributed by atoms with van der Waals surface area (Å²) in [5, 5.41) is 13.7. The maximum Gasteiger partial charge on any atom is 0.132 e. The van der Waals surface area contributed by atoms with E-state index in [0.29, 0.717) is 0 Å². The molecule has 1 aliphatic rings. The van der Waals surface area contributed by atoms with Gasteiger partial charge in [-0.15, -0.1) is 0 Å². The number of rotatable bonds is 4. The summed E-state index contributed by atoms with van der Waals surface area (Å²) in [7, 11) is 4.01. The van der Waals surface area contributed by atoms with E-state index < -0.39 is 0 Å². The van der Waals surface area contributed by atoms with Gasteiger partial charge in [0.15, 0.2) is 0 Å². The Balaban J connectivity index is 2.23. The van der Waals surface area contributed by atoms with Crippen molar-refractivity contribution in [1.29, 1.82) is 0 Å². The first-order chi connectivity index (χ1) is 7.13. The van der Waals surface area contributed by atoms with Crippen molar-refractivity contribution in [3.63, 3.8) is 0 Å². The summed E-state index contributed by atoms with van der Waals surface area (Å²) >= 11 is 0. The number of nitrogens with zero attached hydrogens (tertiary/aromatic N) is 3. The van der Waals surface area contributed by atoms with Crippen molar-refractivity contribution in [3.05, 3.63) is 11.3 Å². The predicted octanol–water partition coefficient (Wildman–Crippen LogP) is 1.07. The van der Waals surface area contributed by atoms with Crippen molar-refractivity contribution in [1.82, 2.24) is 9.78 Å². The molecule has 1 saturated carbocycles. The molecule has 4 nitrogen and oxygen atoms in total. The molecule has 1 fully saturated rings. The van der Waals surface area contributed by atoms with Gasteiger partial charge >= 0.3 is 0 Å². The maximum absolute atomic E-state index is 9.33. The highest BCUT2D eigenvalue weighted by Gasteiger charge is 2.25. The van der Waals surface area contributed by atoms with Crippen LogP contribution in [0.1, 0.15) is 24.1 Å². The van der Waals surface area contributed by atoms with Crippen LogP contribution in [-0.4, -0.2) is 28.5 Å². The van der Waals surface area contributed by atoms with Gasteiger partial charge in [0.05, 0.1) is 12.3 Å². The summed E-state index contributed by atoms with van der Waals surface area (Å²) in [6, 6.07) is 0. The molecule has 0 radical (unpaired) electrons. The Morgan fingerprint density at radius 1 is 1.53 bits per heavy atom. The average molecular weight is 209 g/mol. The molecular weight excluding hydrogens is 190 g/mol. The zero-order valence-corrected chi connectivity index (χ0v) is 9.69. The number of aryl methyl sites for hydroxylation is 2. The van der Waals surface area contributed by atoms with Crippen LogP contribution in [0.2, 0.25) is 0 Å². The van der Waals surface area contributed by atoms with Gasteiger partial charge in [0.2, 0.25) is 0 Å². The third-order valence-electron chi connectivity index (χ3n) is 3.06. The van der Waals surface area contributed by atoms with Crippen LogP contribution in [0.15, 0.2) is 0 Å². The molecule has 1 aliphatic carbocycles. The van der Waals surface area contributed by atoms with Crippen molar-refractivity contribution < 1.29 is 5.11 Å². The summed E-state index contributed by atoms with van der Waals surface area (Å²) in [6.07, 6.45) is 2.69. The Labute approximate surface area is 90.5 Å². The second kappa shape index (κ2) is 3.85. The lowest BCUT2D eigenvalue weighted by molar-refractivity contribution is 0.281. The van der Waals surface area contributed by atoms with Crippen molar-refractivity contribution in [2.24, 2.45) is 13.0 Å². The Morgan fingerprint density at radius 2 is 2.20 bits per heavy atom. The van der Waals surface area contributed by atoms with E-state index in [2.05, 4.69) is 17.0 Å². The molecule has 2 rings (SSSR count). The van der Waals surface area contributed by atoms with Crippen LogP contribution in [0, 0.1) is 12.8 Å². The SMILES string of the molecule is Cc1nn(C)c(N(C)CC2CC2)c1CO. The molecule has 4 heteroatoms. The van der Waals surface area contributed by atoms with Crippen LogP contribution >= 0.6 is 0 Å². The Morgan fingerprint density at radius 3 is 2.73 bits per heavy atom. The first-order valence-corrected chi connectivity index (χ1v) is 5.48. The first kappa shape index (κ1) is 10.5. The molecule has 15 heavy (non-hydrogen) atoms. The van der Waals surface area contributed by atoms with E-state index in [-0.39, 0.29) is 6.61 Å². The largest absolute Gasteiger partial charge is 0.391 e. The van der Waals surface area contributed by atoms with Crippen LogP contribution < -0.4 is 4.90 Å². The van der Waals surface area contributed by atoms with E-state index in [0.717, 1.165) is 29.5 Å². The zero-order valence-electron chi connectivity index (χ0n) is 9.69. The van der Waals surface area contributed by atoms with Crippen LogP contribution in [0.4, 0.5) is 5.82 Å². The second-order valence-electron chi connectivity index (χ2n) is 4.49. The summed E-state index contributed by atoms with van der Waals surface area (Å²) in [5.41, 5.74) is 1.89. The van der Waals surface area contributed by atoms with Crippen molar-refractivity contribution in [3.8, 4) is 0 Å². The molecule has 1 aromatic rings. The normalized spacial score (nSPS) is 15.7. The molecule has 0 atom stereocenters. The fourth-order valence-corrected chi connectivity index (χ4v) is 2.13. The topological polar surface area (TPSA) is 41.3 Å². The molecule has 1 aromatic heterocycles. The maximum atomic E-state index is 9.33. The second-order valence-corrected chi connectivity index (χ2v) is 4.49. The van der Waals surface area contributed by atoms with Crippen LogP contribution in [-0.2, 0) is 13.7 Å². The number of hydrogen-bond donors (Lipinski definition) is 1. The summed E-state index contributed by atoms with van der Waals surface area (Å²) in [6.45, 7) is 3.09. The van der Waals surface area contributed by atoms with Gasteiger partial charge in [-0.3, -0.25) is 4.68 Å². The molecule has 0 bridgehead atoms. The van der Waals surface area contributed by atoms with Crippen molar-refractivity contribution in [2.75, 3.05) is 18.5 Å². The van der Waals surface area contributed by atoms with Gasteiger partial charge in [-0.05, 0) is 25.7 Å². The lowest BCUT2D eigenvalue weighted by atomic mass is 10.2. The lowest BCUT2D eigenvalue weighted by Gasteiger charge is -2.20. The molecule has 0 unspecified atom stereocenters. The standard InChI is InChI=1S/C11H19N3O/c1-8-10(7-15)11(14(3)12-8)13(2)6-9-4-5-9/h9,15H,4-7H2,1-3H3. The van der Waals surface area contributed by atoms with E-state index in [1.165, 1.54) is 12.8 Å². The first-order valence-electron chi connectivity index (χ1n) is 5.48. The van der Waals surface area contributed by atoms with E-state index >= 15 is 0 Å². The van der Waals surface area contributed by atoms with Gasteiger partial charge in [-0.1, -0.05) is 0 Å². The third kappa shape index (κ3) is 2.00. The fourth-order valence-electron chi connectivity index (χ4n) is 2.13. The summed E-state index contributed by atoms with van der Waals surface area (Å²) in [4.78, 5) is 2.21. The molecule has 0 spiro atoms. The Kier molecular flexibility index (Phi) is 2.69. The lowest BCUT2D eigenvalue weighted by Crippen LogP contribution is -2.23. The minimum Gasteiger partial charge on any atom is -0.391 e. The van der Waals surface area contributed by atoms with E-state index in [1.807, 2.05) is 18.7 Å². The van der Waals surface area contributed by atoms with Crippen LogP contribution in [0.5, 0.6) is 0 Å². The number of aliphatic hydroxyl groups excluding tert-OH is 1. The predicted molar refractivity (Wildman–Crippen MR) is 59.9 cm³/mol. The number of aliphatic hydroxyl groups is 1. The third-order valence-corrected chi connectivity index (χ3v) is 3.06. The number of aromatic nitrogens is 2. The fraction of sp³-hybridized carbons (Fsp3) is 0.727. The zero-order chi connectivity index (χ0) is 11.0. The Bertz CT molecular complexity index is 355. The number of hydrogen-bond acceptors (Lipinski definition) is 3. The van der Waals surface area contributed by atoms with E-state index in [9.17, 15) is 5.11 Å². The van der Waals surface area contributed by atoms with Gasteiger partial charge in [0.1, 0.15) is 5.82 Å². The summed E-state index contributed by atoms with van der Waals surface area (Å²) in [5.74, 6) is 1.90. The smallest absolute Gasteiger partial charge is 0.132 e. The molecule has 84 valence electrons.